The van der Waals surface area contributed by atoms with E-state index in [-0.39, 0.29) is 11.5 Å². The molecule has 3 aromatic rings. The van der Waals surface area contributed by atoms with E-state index in [9.17, 15) is 9.59 Å². The van der Waals surface area contributed by atoms with Crippen molar-refractivity contribution in [3.63, 3.8) is 0 Å². The monoisotopic (exact) mass is 438 g/mol. The van der Waals surface area contributed by atoms with Gasteiger partial charge >= 0.3 is 0 Å². The zero-order valence-corrected chi connectivity index (χ0v) is 17.7. The molecular weight excluding hydrogens is 416 g/mol. The molecule has 0 radical (unpaired) electrons. The van der Waals surface area contributed by atoms with E-state index in [1.165, 1.54) is 16.7 Å². The average molecular weight is 439 g/mol. The molecule has 1 saturated heterocycles. The van der Waals surface area contributed by atoms with Crippen LogP contribution in [0.2, 0.25) is 5.02 Å². The normalized spacial score (nSPS) is 13.8. The Morgan fingerprint density at radius 1 is 1.10 bits per heavy atom. The molecule has 8 heteroatoms. The standard InChI is InChI=1S/C23H23ClN4O3/c24-20-4-2-1-3-18(20)15-28-16-19(6-8-22(28)29)23(30)26-14-17-5-7-21(25-13-17)27-9-11-31-12-10-27/h1-8,13,16H,9-12,14-15H2,(H,26,30). The van der Waals surface area contributed by atoms with Crippen molar-refractivity contribution in [1.82, 2.24) is 14.9 Å². The van der Waals surface area contributed by atoms with Crippen molar-refractivity contribution in [2.75, 3.05) is 31.2 Å². The van der Waals surface area contributed by atoms with Crippen LogP contribution < -0.4 is 15.8 Å². The molecule has 0 aliphatic carbocycles. The highest BCUT2D eigenvalue weighted by atomic mass is 35.5. The number of carbonyl (C=O) groups is 1. The zero-order chi connectivity index (χ0) is 21.6. The van der Waals surface area contributed by atoms with Crippen LogP contribution >= 0.6 is 11.6 Å². The number of nitrogens with zero attached hydrogens (tertiary/aromatic N) is 3. The summed E-state index contributed by atoms with van der Waals surface area (Å²) >= 11 is 6.20. The molecule has 0 saturated carbocycles. The Balaban J connectivity index is 1.39. The molecule has 4 rings (SSSR count). The van der Waals surface area contributed by atoms with Crippen molar-refractivity contribution in [3.05, 3.63) is 93.0 Å². The van der Waals surface area contributed by atoms with Gasteiger partial charge in [0.25, 0.3) is 11.5 Å². The number of hydrogen-bond donors (Lipinski definition) is 1. The van der Waals surface area contributed by atoms with Crippen LogP contribution in [0.15, 0.2) is 65.7 Å². The topological polar surface area (TPSA) is 76.5 Å². The largest absolute Gasteiger partial charge is 0.378 e. The molecule has 31 heavy (non-hydrogen) atoms. The highest BCUT2D eigenvalue weighted by Crippen LogP contribution is 2.16. The molecule has 1 amide bonds. The second-order valence-corrected chi connectivity index (χ2v) is 7.69. The third-order valence-electron chi connectivity index (χ3n) is 5.14. The van der Waals surface area contributed by atoms with Gasteiger partial charge in [-0.1, -0.05) is 35.9 Å². The fraction of sp³-hybridized carbons (Fsp3) is 0.261. The van der Waals surface area contributed by atoms with Crippen LogP contribution in [0.1, 0.15) is 21.5 Å². The number of rotatable bonds is 6. The maximum Gasteiger partial charge on any atom is 0.253 e. The molecule has 1 fully saturated rings. The van der Waals surface area contributed by atoms with Crippen LogP contribution in [-0.4, -0.2) is 41.8 Å². The number of morpholine rings is 1. The smallest absolute Gasteiger partial charge is 0.253 e. The molecule has 7 nitrogen and oxygen atoms in total. The Morgan fingerprint density at radius 2 is 1.90 bits per heavy atom. The predicted octanol–water partition coefficient (Wildman–Crippen LogP) is 2.71. The van der Waals surface area contributed by atoms with Crippen LogP contribution in [0, 0.1) is 0 Å². The first-order valence-electron chi connectivity index (χ1n) is 10.1. The van der Waals surface area contributed by atoms with Gasteiger partial charge in [-0.3, -0.25) is 9.59 Å². The first-order valence-corrected chi connectivity index (χ1v) is 10.5. The van der Waals surface area contributed by atoms with Crippen molar-refractivity contribution in [3.8, 4) is 0 Å². The first-order chi connectivity index (χ1) is 15.1. The van der Waals surface area contributed by atoms with E-state index < -0.39 is 0 Å². The van der Waals surface area contributed by atoms with Gasteiger partial charge in [-0.2, -0.15) is 0 Å². The molecule has 160 valence electrons. The van der Waals surface area contributed by atoms with Crippen molar-refractivity contribution < 1.29 is 9.53 Å². The quantitative estimate of drug-likeness (QED) is 0.640. The Morgan fingerprint density at radius 3 is 2.65 bits per heavy atom. The Kier molecular flexibility index (Phi) is 6.64. The van der Waals surface area contributed by atoms with Crippen molar-refractivity contribution in [1.29, 1.82) is 0 Å². The molecule has 0 unspecified atom stereocenters. The minimum absolute atomic E-state index is 0.195. The van der Waals surface area contributed by atoms with Gasteiger partial charge in [-0.15, -0.1) is 0 Å². The van der Waals surface area contributed by atoms with Gasteiger partial charge < -0.3 is 19.5 Å². The molecular formula is C23H23ClN4O3. The second kappa shape index (κ2) is 9.76. The number of pyridine rings is 2. The second-order valence-electron chi connectivity index (χ2n) is 7.28. The number of amides is 1. The van der Waals surface area contributed by atoms with Gasteiger partial charge in [0, 0.05) is 43.1 Å². The van der Waals surface area contributed by atoms with Crippen LogP contribution in [0.5, 0.6) is 0 Å². The number of halogens is 1. The molecule has 0 bridgehead atoms. The van der Waals surface area contributed by atoms with Crippen molar-refractivity contribution in [2.24, 2.45) is 0 Å². The molecule has 1 aliphatic rings. The van der Waals surface area contributed by atoms with Crippen molar-refractivity contribution >= 4 is 23.3 Å². The number of anilines is 1. The zero-order valence-electron chi connectivity index (χ0n) is 17.0. The minimum atomic E-state index is -0.259. The summed E-state index contributed by atoms with van der Waals surface area (Å²) in [7, 11) is 0. The molecule has 2 aromatic heterocycles. The van der Waals surface area contributed by atoms with E-state index in [2.05, 4.69) is 15.2 Å². The van der Waals surface area contributed by atoms with Gasteiger partial charge in [0.15, 0.2) is 0 Å². The number of nitrogens with one attached hydrogen (secondary N) is 1. The number of hydrogen-bond acceptors (Lipinski definition) is 5. The Labute approximate surface area is 185 Å². The lowest BCUT2D eigenvalue weighted by Crippen LogP contribution is -2.36. The number of benzene rings is 1. The molecule has 0 spiro atoms. The lowest BCUT2D eigenvalue weighted by Gasteiger charge is -2.27. The summed E-state index contributed by atoms with van der Waals surface area (Å²) in [4.78, 5) is 31.5. The van der Waals surface area contributed by atoms with E-state index >= 15 is 0 Å². The van der Waals surface area contributed by atoms with E-state index in [4.69, 9.17) is 16.3 Å². The van der Waals surface area contributed by atoms with Gasteiger partial charge in [-0.05, 0) is 29.3 Å². The highest BCUT2D eigenvalue weighted by Gasteiger charge is 2.13. The van der Waals surface area contributed by atoms with Crippen LogP contribution in [0.4, 0.5) is 5.82 Å². The van der Waals surface area contributed by atoms with Gasteiger partial charge in [0.05, 0.1) is 25.3 Å². The summed E-state index contributed by atoms with van der Waals surface area (Å²) in [5.41, 5.74) is 1.92. The predicted molar refractivity (Wildman–Crippen MR) is 120 cm³/mol. The van der Waals surface area contributed by atoms with Gasteiger partial charge in [0.1, 0.15) is 5.82 Å². The average Bonchev–Trinajstić information content (AvgIpc) is 2.81. The van der Waals surface area contributed by atoms with Crippen LogP contribution in [0.25, 0.3) is 0 Å². The third-order valence-corrected chi connectivity index (χ3v) is 5.51. The first kappa shape index (κ1) is 21.1. The molecule has 1 aliphatic heterocycles. The summed E-state index contributed by atoms with van der Waals surface area (Å²) in [5.74, 6) is 0.648. The summed E-state index contributed by atoms with van der Waals surface area (Å²) in [5, 5.41) is 3.46. The fourth-order valence-electron chi connectivity index (χ4n) is 3.38. The number of aromatic nitrogens is 2. The number of ether oxygens (including phenoxy) is 1. The lowest BCUT2D eigenvalue weighted by molar-refractivity contribution is 0.0950. The maximum absolute atomic E-state index is 12.6. The summed E-state index contributed by atoms with van der Waals surface area (Å²) in [6.07, 6.45) is 3.32. The van der Waals surface area contributed by atoms with E-state index in [1.54, 1.807) is 18.5 Å². The van der Waals surface area contributed by atoms with Crippen molar-refractivity contribution in [2.45, 2.75) is 13.1 Å². The van der Waals surface area contributed by atoms with E-state index in [0.717, 1.165) is 30.0 Å². The van der Waals surface area contributed by atoms with E-state index in [0.29, 0.717) is 36.9 Å². The number of carbonyl (C=O) groups excluding carboxylic acids is 1. The maximum atomic E-state index is 12.6. The Hall–Kier alpha value is -3.16. The third kappa shape index (κ3) is 5.31. The molecule has 0 atom stereocenters. The summed E-state index contributed by atoms with van der Waals surface area (Å²) in [6.45, 7) is 3.71. The van der Waals surface area contributed by atoms with Gasteiger partial charge in [-0.25, -0.2) is 4.98 Å². The molecule has 3 heterocycles. The highest BCUT2D eigenvalue weighted by molar-refractivity contribution is 6.31. The van der Waals surface area contributed by atoms with E-state index in [1.807, 2.05) is 30.3 Å². The Bertz CT molecular complexity index is 1110. The van der Waals surface area contributed by atoms with Crippen LogP contribution in [0.3, 0.4) is 0 Å². The minimum Gasteiger partial charge on any atom is -0.378 e. The SMILES string of the molecule is O=C(NCc1ccc(N2CCOCC2)nc1)c1ccc(=O)n(Cc2ccccc2Cl)c1. The fourth-order valence-corrected chi connectivity index (χ4v) is 3.58. The summed E-state index contributed by atoms with van der Waals surface area (Å²) in [6, 6.07) is 14.2. The molecule has 1 aromatic carbocycles. The summed E-state index contributed by atoms with van der Waals surface area (Å²) < 4.78 is 6.84. The lowest BCUT2D eigenvalue weighted by atomic mass is 10.2. The molecule has 1 N–H and O–H groups in total. The van der Waals surface area contributed by atoms with Gasteiger partial charge in [0.2, 0.25) is 0 Å². The van der Waals surface area contributed by atoms with Crippen LogP contribution in [-0.2, 0) is 17.8 Å².